The third-order valence-electron chi connectivity index (χ3n) is 2.83. The molecular formula is C14H13ClN2O4. The summed E-state index contributed by atoms with van der Waals surface area (Å²) in [6, 6.07) is 11.2. The summed E-state index contributed by atoms with van der Waals surface area (Å²) in [6.07, 6.45) is 0. The minimum atomic E-state index is -0.625. The Morgan fingerprint density at radius 2 is 1.90 bits per heavy atom. The van der Waals surface area contributed by atoms with Crippen LogP contribution in [-0.2, 0) is 0 Å². The number of carbonyl (C=O) groups is 1. The predicted molar refractivity (Wildman–Crippen MR) is 79.8 cm³/mol. The zero-order chi connectivity index (χ0) is 14.7. The topological polar surface area (TPSA) is 92.5 Å². The molecule has 1 amide bonds. The van der Waals surface area contributed by atoms with Gasteiger partial charge in [0.15, 0.2) is 0 Å². The van der Waals surface area contributed by atoms with Gasteiger partial charge in [0.25, 0.3) is 11.6 Å². The molecule has 0 saturated heterocycles. The zero-order valence-electron chi connectivity index (χ0n) is 11.1. The number of nitro groups is 1. The SMILES string of the molecule is Cc1cc(C(=O)NO)cc(-c2cccc([N+](=O)[O-])c2)c1.Cl. The fourth-order valence-electron chi connectivity index (χ4n) is 1.94. The van der Waals surface area contributed by atoms with Crippen molar-refractivity contribution in [2.75, 3.05) is 0 Å². The van der Waals surface area contributed by atoms with E-state index in [4.69, 9.17) is 5.21 Å². The van der Waals surface area contributed by atoms with E-state index >= 15 is 0 Å². The average Bonchev–Trinajstić information content (AvgIpc) is 2.45. The highest BCUT2D eigenvalue weighted by atomic mass is 35.5. The first-order valence-corrected chi connectivity index (χ1v) is 5.82. The summed E-state index contributed by atoms with van der Waals surface area (Å²) in [7, 11) is 0. The number of hydrogen-bond acceptors (Lipinski definition) is 4. The first-order valence-electron chi connectivity index (χ1n) is 5.82. The van der Waals surface area contributed by atoms with E-state index in [-0.39, 0.29) is 23.7 Å². The molecule has 0 bridgehead atoms. The maximum atomic E-state index is 11.5. The first-order chi connectivity index (χ1) is 9.51. The summed E-state index contributed by atoms with van der Waals surface area (Å²) in [5.41, 5.74) is 3.96. The summed E-state index contributed by atoms with van der Waals surface area (Å²) >= 11 is 0. The van der Waals surface area contributed by atoms with Gasteiger partial charge >= 0.3 is 0 Å². The number of halogens is 1. The molecule has 0 spiro atoms. The summed E-state index contributed by atoms with van der Waals surface area (Å²) in [5, 5.41) is 19.4. The smallest absolute Gasteiger partial charge is 0.274 e. The van der Waals surface area contributed by atoms with Gasteiger partial charge in [-0.3, -0.25) is 20.1 Å². The number of rotatable bonds is 3. The Morgan fingerprint density at radius 3 is 2.52 bits per heavy atom. The summed E-state index contributed by atoms with van der Waals surface area (Å²) in [6.45, 7) is 1.80. The molecule has 6 nitrogen and oxygen atoms in total. The maximum Gasteiger partial charge on any atom is 0.274 e. The highest BCUT2D eigenvalue weighted by molar-refractivity contribution is 5.95. The third kappa shape index (κ3) is 3.77. The average molecular weight is 309 g/mol. The molecule has 0 fully saturated rings. The van der Waals surface area contributed by atoms with Gasteiger partial charge in [0.1, 0.15) is 0 Å². The van der Waals surface area contributed by atoms with Crippen LogP contribution in [0.2, 0.25) is 0 Å². The number of nitrogens with zero attached hydrogens (tertiary/aromatic N) is 1. The van der Waals surface area contributed by atoms with E-state index < -0.39 is 10.8 Å². The molecule has 2 aromatic carbocycles. The standard InChI is InChI=1S/C14H12N2O4.ClH/c1-9-5-11(7-12(6-9)14(17)15-18)10-3-2-4-13(8-10)16(19)20;/h2-8,18H,1H3,(H,15,17);1H. The Hall–Kier alpha value is -2.44. The van der Waals surface area contributed by atoms with Crippen LogP contribution in [0, 0.1) is 17.0 Å². The number of nitrogens with one attached hydrogen (secondary N) is 1. The zero-order valence-corrected chi connectivity index (χ0v) is 11.9. The van der Waals surface area contributed by atoms with Crippen molar-refractivity contribution in [2.24, 2.45) is 0 Å². The number of non-ortho nitro benzene ring substituents is 1. The van der Waals surface area contributed by atoms with Crippen LogP contribution in [-0.4, -0.2) is 16.0 Å². The van der Waals surface area contributed by atoms with E-state index in [0.717, 1.165) is 5.56 Å². The predicted octanol–water partition coefficient (Wildman–Crippen LogP) is 3.11. The first kappa shape index (κ1) is 16.6. The van der Waals surface area contributed by atoms with Crippen molar-refractivity contribution in [2.45, 2.75) is 6.92 Å². The molecule has 0 atom stereocenters. The maximum absolute atomic E-state index is 11.5. The van der Waals surface area contributed by atoms with Gasteiger partial charge in [-0.1, -0.05) is 18.2 Å². The van der Waals surface area contributed by atoms with E-state index in [0.29, 0.717) is 11.1 Å². The van der Waals surface area contributed by atoms with E-state index in [1.807, 2.05) is 6.07 Å². The second-order valence-corrected chi connectivity index (χ2v) is 4.34. The summed E-state index contributed by atoms with van der Waals surface area (Å²) < 4.78 is 0. The van der Waals surface area contributed by atoms with Crippen LogP contribution in [0.3, 0.4) is 0 Å². The molecule has 21 heavy (non-hydrogen) atoms. The van der Waals surface area contributed by atoms with E-state index in [1.54, 1.807) is 36.7 Å². The highest BCUT2D eigenvalue weighted by Gasteiger charge is 2.10. The van der Waals surface area contributed by atoms with Gasteiger partial charge in [0, 0.05) is 17.7 Å². The monoisotopic (exact) mass is 308 g/mol. The summed E-state index contributed by atoms with van der Waals surface area (Å²) in [5.74, 6) is -0.625. The van der Waals surface area contributed by atoms with Crippen molar-refractivity contribution in [3.8, 4) is 11.1 Å². The van der Waals surface area contributed by atoms with Crippen LogP contribution in [0.5, 0.6) is 0 Å². The van der Waals surface area contributed by atoms with E-state index in [9.17, 15) is 14.9 Å². The Morgan fingerprint density at radius 1 is 1.19 bits per heavy atom. The van der Waals surface area contributed by atoms with Crippen molar-refractivity contribution in [3.05, 3.63) is 63.7 Å². The van der Waals surface area contributed by atoms with Crippen LogP contribution in [0.4, 0.5) is 5.69 Å². The lowest BCUT2D eigenvalue weighted by Gasteiger charge is -2.07. The Kier molecular flexibility index (Phi) is 5.40. The second-order valence-electron chi connectivity index (χ2n) is 4.34. The normalized spacial score (nSPS) is 9.62. The van der Waals surface area contributed by atoms with Crippen molar-refractivity contribution >= 4 is 24.0 Å². The van der Waals surface area contributed by atoms with Crippen molar-refractivity contribution in [1.82, 2.24) is 5.48 Å². The van der Waals surface area contributed by atoms with Crippen molar-refractivity contribution in [1.29, 1.82) is 0 Å². The van der Waals surface area contributed by atoms with Crippen LogP contribution in [0.1, 0.15) is 15.9 Å². The van der Waals surface area contributed by atoms with Gasteiger partial charge in [0.2, 0.25) is 0 Å². The Labute approximate surface area is 126 Å². The summed E-state index contributed by atoms with van der Waals surface area (Å²) in [4.78, 5) is 21.8. The van der Waals surface area contributed by atoms with Crippen molar-refractivity contribution < 1.29 is 14.9 Å². The number of hydrogen-bond donors (Lipinski definition) is 2. The molecule has 0 aliphatic heterocycles. The number of amides is 1. The van der Waals surface area contributed by atoms with Crippen LogP contribution < -0.4 is 5.48 Å². The number of hydroxylamine groups is 1. The number of carbonyl (C=O) groups excluding carboxylic acids is 1. The fourth-order valence-corrected chi connectivity index (χ4v) is 1.94. The Bertz CT molecular complexity index is 688. The van der Waals surface area contributed by atoms with Gasteiger partial charge in [-0.15, -0.1) is 12.4 Å². The molecule has 2 rings (SSSR count). The van der Waals surface area contributed by atoms with Gasteiger partial charge < -0.3 is 0 Å². The van der Waals surface area contributed by atoms with Gasteiger partial charge in [-0.2, -0.15) is 0 Å². The molecule has 7 heteroatoms. The lowest BCUT2D eigenvalue weighted by atomic mass is 9.99. The number of aryl methyl sites for hydroxylation is 1. The van der Waals surface area contributed by atoms with Gasteiger partial charge in [0.05, 0.1) is 4.92 Å². The number of nitro benzene ring substituents is 1. The van der Waals surface area contributed by atoms with Gasteiger partial charge in [-0.05, 0) is 35.7 Å². The molecule has 0 radical (unpaired) electrons. The lowest BCUT2D eigenvalue weighted by Crippen LogP contribution is -2.18. The third-order valence-corrected chi connectivity index (χ3v) is 2.83. The molecule has 0 aliphatic carbocycles. The quantitative estimate of drug-likeness (QED) is 0.517. The van der Waals surface area contributed by atoms with Crippen LogP contribution >= 0.6 is 12.4 Å². The fraction of sp³-hybridized carbons (Fsp3) is 0.0714. The molecule has 110 valence electrons. The molecule has 0 aromatic heterocycles. The van der Waals surface area contributed by atoms with E-state index in [2.05, 4.69) is 0 Å². The lowest BCUT2D eigenvalue weighted by molar-refractivity contribution is -0.384. The molecular weight excluding hydrogens is 296 g/mol. The highest BCUT2D eigenvalue weighted by Crippen LogP contribution is 2.25. The largest absolute Gasteiger partial charge is 0.288 e. The van der Waals surface area contributed by atoms with Crippen molar-refractivity contribution in [3.63, 3.8) is 0 Å². The molecule has 2 N–H and O–H groups in total. The molecule has 0 aliphatic rings. The van der Waals surface area contributed by atoms with Gasteiger partial charge in [-0.25, -0.2) is 5.48 Å². The minimum Gasteiger partial charge on any atom is -0.288 e. The molecule has 0 saturated carbocycles. The minimum absolute atomic E-state index is 0. The molecule has 0 heterocycles. The van der Waals surface area contributed by atoms with E-state index in [1.165, 1.54) is 12.1 Å². The second kappa shape index (κ2) is 6.83. The molecule has 2 aromatic rings. The number of benzene rings is 2. The van der Waals surface area contributed by atoms with Crippen LogP contribution in [0.15, 0.2) is 42.5 Å². The molecule has 0 unspecified atom stereocenters. The Balaban J connectivity index is 0.00000220. The van der Waals surface area contributed by atoms with Crippen LogP contribution in [0.25, 0.3) is 11.1 Å².